The Morgan fingerprint density at radius 3 is 2.32 bits per heavy atom. The van der Waals surface area contributed by atoms with Gasteiger partial charge >= 0.3 is 0 Å². The molecule has 0 amide bonds. The van der Waals surface area contributed by atoms with Crippen molar-refractivity contribution < 1.29 is 5.11 Å². The summed E-state index contributed by atoms with van der Waals surface area (Å²) in [6, 6.07) is 27.3. The number of phenols is 1. The topological polar surface area (TPSA) is 80.1 Å². The van der Waals surface area contributed by atoms with E-state index in [-0.39, 0.29) is 5.75 Å². The first-order chi connectivity index (χ1) is 18.2. The zero-order valence-electron chi connectivity index (χ0n) is 19.9. The summed E-state index contributed by atoms with van der Waals surface area (Å²) in [7, 11) is 0. The number of aromatic hydroxyl groups is 1. The van der Waals surface area contributed by atoms with Crippen molar-refractivity contribution >= 4 is 33.8 Å². The molecule has 0 aliphatic heterocycles. The Labute approximate surface area is 221 Å². The second-order valence-corrected chi connectivity index (χ2v) is 10.1. The van der Waals surface area contributed by atoms with E-state index in [1.54, 1.807) is 29.7 Å². The number of nitrogens with zero attached hydrogens (tertiary/aromatic N) is 6. The molecule has 3 heterocycles. The molecule has 6 rings (SSSR count). The van der Waals surface area contributed by atoms with Gasteiger partial charge in [-0.1, -0.05) is 78.9 Å². The van der Waals surface area contributed by atoms with Crippen LogP contribution in [0.1, 0.15) is 17.6 Å². The molecule has 0 saturated heterocycles. The molecule has 0 unspecified atom stereocenters. The molecule has 6 aromatic rings. The van der Waals surface area contributed by atoms with Crippen molar-refractivity contribution in [3.05, 3.63) is 106 Å². The van der Waals surface area contributed by atoms with Crippen LogP contribution in [0.2, 0.25) is 0 Å². The van der Waals surface area contributed by atoms with E-state index in [9.17, 15) is 5.11 Å². The maximum absolute atomic E-state index is 9.82. The molecule has 0 spiro atoms. The van der Waals surface area contributed by atoms with Gasteiger partial charge in [0.2, 0.25) is 9.76 Å². The first-order valence-corrected chi connectivity index (χ1v) is 13.5. The van der Waals surface area contributed by atoms with Crippen LogP contribution in [-0.2, 0) is 6.42 Å². The summed E-state index contributed by atoms with van der Waals surface area (Å²) in [6.07, 6.45) is 2.57. The molecule has 7 nitrogen and oxygen atoms in total. The van der Waals surface area contributed by atoms with Crippen LogP contribution in [0.25, 0.3) is 33.2 Å². The minimum Gasteiger partial charge on any atom is -0.508 e. The van der Waals surface area contributed by atoms with Crippen LogP contribution >= 0.6 is 22.7 Å². The molecule has 0 aliphatic rings. The van der Waals surface area contributed by atoms with E-state index in [1.165, 1.54) is 11.3 Å². The largest absolute Gasteiger partial charge is 0.508 e. The van der Waals surface area contributed by atoms with Gasteiger partial charge in [0.05, 0.1) is 11.9 Å². The molecule has 0 aliphatic carbocycles. The lowest BCUT2D eigenvalue weighted by Crippen LogP contribution is -2.13. The summed E-state index contributed by atoms with van der Waals surface area (Å²) in [5.74, 6) is 0.213. The average Bonchev–Trinajstić information content (AvgIpc) is 3.64. The number of benzene rings is 3. The lowest BCUT2D eigenvalue weighted by molar-refractivity contribution is 0.475. The Bertz CT molecular complexity index is 1760. The zero-order valence-corrected chi connectivity index (χ0v) is 21.5. The van der Waals surface area contributed by atoms with Crippen LogP contribution in [0.4, 0.5) is 0 Å². The number of imidazole rings is 1. The third-order valence-electron chi connectivity index (χ3n) is 5.84. The van der Waals surface area contributed by atoms with Crippen LogP contribution in [0.3, 0.4) is 0 Å². The van der Waals surface area contributed by atoms with Crippen molar-refractivity contribution in [2.75, 3.05) is 0 Å². The molecule has 182 valence electrons. The van der Waals surface area contributed by atoms with Crippen LogP contribution in [0.15, 0.2) is 101 Å². The van der Waals surface area contributed by atoms with E-state index in [0.29, 0.717) is 4.80 Å². The SMILES string of the molecule is CCc1nn2c(/C=N/N=c3\scc(-c4ccccc4)n3-c3ccc(O)cc3)c(-c3ccccc3)nc2s1. The van der Waals surface area contributed by atoms with E-state index in [2.05, 4.69) is 34.6 Å². The van der Waals surface area contributed by atoms with Crippen molar-refractivity contribution in [2.24, 2.45) is 10.2 Å². The van der Waals surface area contributed by atoms with Crippen molar-refractivity contribution in [2.45, 2.75) is 13.3 Å². The maximum atomic E-state index is 9.82. The number of aryl methyl sites for hydroxylation is 1. The first kappa shape index (κ1) is 23.1. The highest BCUT2D eigenvalue weighted by atomic mass is 32.1. The Morgan fingerprint density at radius 2 is 1.62 bits per heavy atom. The van der Waals surface area contributed by atoms with Crippen LogP contribution < -0.4 is 4.80 Å². The summed E-state index contributed by atoms with van der Waals surface area (Å²) >= 11 is 3.09. The third kappa shape index (κ3) is 4.50. The van der Waals surface area contributed by atoms with Crippen molar-refractivity contribution in [1.29, 1.82) is 0 Å². The standard InChI is InChI=1S/C28H22N6OS2/c1-2-25-32-34-23(26(30-27(34)37-25)20-11-7-4-8-12-20)17-29-31-28-33(21-13-15-22(35)16-14-21)24(18-36-28)19-9-5-3-6-10-19/h3-18,35H,2H2,1H3/b29-17+,31-28-. The number of fused-ring (bicyclic) bond motifs is 1. The fraction of sp³-hybridized carbons (Fsp3) is 0.0714. The second kappa shape index (κ2) is 9.96. The van der Waals surface area contributed by atoms with E-state index in [1.807, 2.05) is 69.7 Å². The highest BCUT2D eigenvalue weighted by Crippen LogP contribution is 2.27. The van der Waals surface area contributed by atoms with Crippen LogP contribution in [0, 0.1) is 0 Å². The van der Waals surface area contributed by atoms with Gasteiger partial charge in [-0.15, -0.1) is 16.4 Å². The highest BCUT2D eigenvalue weighted by molar-refractivity contribution is 7.16. The van der Waals surface area contributed by atoms with Crippen molar-refractivity contribution in [3.63, 3.8) is 0 Å². The maximum Gasteiger partial charge on any atom is 0.215 e. The second-order valence-electron chi connectivity index (χ2n) is 8.22. The van der Waals surface area contributed by atoms with Gasteiger partial charge in [0.1, 0.15) is 22.1 Å². The number of rotatable bonds is 6. The normalized spacial score (nSPS) is 12.2. The number of thiazole rings is 1. The zero-order chi connectivity index (χ0) is 25.2. The molecule has 0 radical (unpaired) electrons. The summed E-state index contributed by atoms with van der Waals surface area (Å²) in [4.78, 5) is 6.39. The Morgan fingerprint density at radius 1 is 0.919 bits per heavy atom. The number of hydrogen-bond acceptors (Lipinski definition) is 7. The minimum atomic E-state index is 0.213. The molecule has 3 aromatic heterocycles. The summed E-state index contributed by atoms with van der Waals surface area (Å²) < 4.78 is 3.89. The van der Waals surface area contributed by atoms with Gasteiger partial charge < -0.3 is 5.11 Å². The summed E-state index contributed by atoms with van der Waals surface area (Å²) in [5, 5.41) is 26.8. The number of aromatic nitrogens is 4. The molecule has 0 saturated carbocycles. The van der Waals surface area contributed by atoms with Gasteiger partial charge in [-0.05, 0) is 36.2 Å². The monoisotopic (exact) mass is 522 g/mol. The van der Waals surface area contributed by atoms with Gasteiger partial charge in [0.25, 0.3) is 0 Å². The Hall–Kier alpha value is -4.34. The average molecular weight is 523 g/mol. The van der Waals surface area contributed by atoms with Gasteiger partial charge in [-0.25, -0.2) is 9.50 Å². The van der Waals surface area contributed by atoms with E-state index in [4.69, 9.17) is 10.1 Å². The number of phenolic OH excluding ortho intramolecular Hbond substituents is 1. The van der Waals surface area contributed by atoms with Gasteiger partial charge in [-0.2, -0.15) is 10.2 Å². The summed E-state index contributed by atoms with van der Waals surface area (Å²) in [6.45, 7) is 2.09. The molecule has 9 heteroatoms. The molecule has 3 aromatic carbocycles. The molecule has 0 atom stereocenters. The van der Waals surface area contributed by atoms with E-state index < -0.39 is 0 Å². The highest BCUT2D eigenvalue weighted by Gasteiger charge is 2.16. The van der Waals surface area contributed by atoms with Gasteiger partial charge in [-0.3, -0.25) is 4.57 Å². The first-order valence-electron chi connectivity index (χ1n) is 11.8. The number of hydrogen-bond donors (Lipinski definition) is 1. The molecule has 1 N–H and O–H groups in total. The smallest absolute Gasteiger partial charge is 0.215 e. The van der Waals surface area contributed by atoms with Crippen molar-refractivity contribution in [1.82, 2.24) is 19.2 Å². The lowest BCUT2D eigenvalue weighted by atomic mass is 10.1. The van der Waals surface area contributed by atoms with Crippen LogP contribution in [-0.4, -0.2) is 30.5 Å². The Kier molecular flexibility index (Phi) is 6.21. The molecule has 37 heavy (non-hydrogen) atoms. The molecule has 0 fully saturated rings. The molecular weight excluding hydrogens is 500 g/mol. The third-order valence-corrected chi connectivity index (χ3v) is 7.71. The van der Waals surface area contributed by atoms with Crippen LogP contribution in [0.5, 0.6) is 5.75 Å². The Balaban J connectivity index is 1.48. The predicted octanol–water partition coefficient (Wildman–Crippen LogP) is 6.18. The fourth-order valence-corrected chi connectivity index (χ4v) is 5.75. The predicted molar refractivity (Wildman–Crippen MR) is 150 cm³/mol. The lowest BCUT2D eigenvalue weighted by Gasteiger charge is -2.09. The molecule has 0 bridgehead atoms. The van der Waals surface area contributed by atoms with E-state index >= 15 is 0 Å². The molecular formula is C28H22N6OS2. The van der Waals surface area contributed by atoms with Gasteiger partial charge in [0, 0.05) is 16.6 Å². The van der Waals surface area contributed by atoms with E-state index in [0.717, 1.165) is 50.3 Å². The quantitative estimate of drug-likeness (QED) is 0.210. The van der Waals surface area contributed by atoms with Gasteiger partial charge in [0.15, 0.2) is 0 Å². The fourth-order valence-electron chi connectivity index (χ4n) is 4.05. The minimum absolute atomic E-state index is 0.213. The summed E-state index contributed by atoms with van der Waals surface area (Å²) in [5.41, 5.74) is 5.56. The van der Waals surface area contributed by atoms with Crippen molar-refractivity contribution in [3.8, 4) is 34.0 Å².